The Bertz CT molecular complexity index is 817. The van der Waals surface area contributed by atoms with Crippen LogP contribution in [0.3, 0.4) is 0 Å². The first-order valence-electron chi connectivity index (χ1n) is 10.2. The van der Waals surface area contributed by atoms with Gasteiger partial charge in [0.2, 0.25) is 0 Å². The van der Waals surface area contributed by atoms with Gasteiger partial charge in [0.25, 0.3) is 0 Å². The van der Waals surface area contributed by atoms with Crippen molar-refractivity contribution in [3.05, 3.63) is 35.4 Å². The molecule has 3 aliphatic heterocycles. The third-order valence-corrected chi connectivity index (χ3v) is 6.98. The first-order chi connectivity index (χ1) is 13.7. The van der Waals surface area contributed by atoms with Gasteiger partial charge in [-0.25, -0.2) is 0 Å². The van der Waals surface area contributed by atoms with Crippen LogP contribution >= 0.6 is 11.8 Å². The van der Waals surface area contributed by atoms with Gasteiger partial charge in [-0.15, -0.1) is 0 Å². The van der Waals surface area contributed by atoms with E-state index in [-0.39, 0.29) is 0 Å². The summed E-state index contributed by atoms with van der Waals surface area (Å²) in [5.74, 6) is 0. The third kappa shape index (κ3) is 3.34. The van der Waals surface area contributed by atoms with Gasteiger partial charge in [0, 0.05) is 60.4 Å². The maximum atomic E-state index is 5.53. The van der Waals surface area contributed by atoms with Crippen molar-refractivity contribution in [2.75, 3.05) is 67.6 Å². The lowest BCUT2D eigenvalue weighted by Crippen LogP contribution is -2.43. The fourth-order valence-corrected chi connectivity index (χ4v) is 5.53. The summed E-state index contributed by atoms with van der Waals surface area (Å²) in [6.07, 6.45) is 0. The van der Waals surface area contributed by atoms with Crippen LogP contribution in [0.2, 0.25) is 0 Å². The molecule has 0 bridgehead atoms. The van der Waals surface area contributed by atoms with E-state index in [9.17, 15) is 0 Å². The molecule has 2 aromatic rings. The fourth-order valence-electron chi connectivity index (χ4n) is 4.31. The first kappa shape index (κ1) is 18.2. The second-order valence-corrected chi connectivity index (χ2v) is 8.92. The molecule has 148 valence electrons. The molecular weight excluding hydrogens is 368 g/mol. The standard InChI is InChI=1S/C22H28N4OS/c1-15-11-17(25-5-3-23-4-6-25)13-19-21(15)24-22-16(2)12-18(14-20(22)28-19)26-7-9-27-10-8-26/h11-14,23-24H,3-10H2,1-2H3. The summed E-state index contributed by atoms with van der Waals surface area (Å²) in [4.78, 5) is 7.59. The zero-order chi connectivity index (χ0) is 19.1. The Morgan fingerprint density at radius 3 is 1.89 bits per heavy atom. The molecule has 2 N–H and O–H groups in total. The molecule has 0 unspecified atom stereocenters. The number of piperazine rings is 1. The van der Waals surface area contributed by atoms with Gasteiger partial charge in [-0.2, -0.15) is 0 Å². The minimum absolute atomic E-state index is 0.817. The summed E-state index contributed by atoms with van der Waals surface area (Å²) in [6.45, 7) is 12.3. The van der Waals surface area contributed by atoms with Crippen LogP contribution in [0.4, 0.5) is 22.7 Å². The number of hydrogen-bond acceptors (Lipinski definition) is 6. The van der Waals surface area contributed by atoms with E-state index in [0.717, 1.165) is 52.5 Å². The Morgan fingerprint density at radius 1 is 0.786 bits per heavy atom. The molecule has 2 saturated heterocycles. The number of hydrogen-bond donors (Lipinski definition) is 2. The Labute approximate surface area is 171 Å². The number of benzene rings is 2. The topological polar surface area (TPSA) is 39.8 Å². The summed E-state index contributed by atoms with van der Waals surface area (Å²) in [5.41, 5.74) is 7.80. The van der Waals surface area contributed by atoms with Crippen LogP contribution in [0.1, 0.15) is 11.1 Å². The minimum Gasteiger partial charge on any atom is -0.378 e. The van der Waals surface area contributed by atoms with Crippen molar-refractivity contribution < 1.29 is 4.74 Å². The maximum absolute atomic E-state index is 5.53. The molecule has 0 atom stereocenters. The summed E-state index contributed by atoms with van der Waals surface area (Å²) >= 11 is 1.90. The number of ether oxygens (including phenoxy) is 1. The molecule has 0 spiro atoms. The number of nitrogens with one attached hydrogen (secondary N) is 2. The Kier molecular flexibility index (Phi) is 4.87. The molecule has 6 heteroatoms. The molecule has 5 rings (SSSR count). The van der Waals surface area contributed by atoms with Gasteiger partial charge in [0.1, 0.15) is 0 Å². The highest BCUT2D eigenvalue weighted by atomic mass is 32.2. The molecule has 0 amide bonds. The number of fused-ring (bicyclic) bond motifs is 2. The summed E-state index contributed by atoms with van der Waals surface area (Å²) in [7, 11) is 0. The smallest absolute Gasteiger partial charge is 0.0642 e. The van der Waals surface area contributed by atoms with Gasteiger partial charge in [-0.05, 0) is 49.2 Å². The molecule has 3 heterocycles. The number of rotatable bonds is 2. The van der Waals surface area contributed by atoms with E-state index in [1.54, 1.807) is 0 Å². The number of nitrogens with zero attached hydrogens (tertiary/aromatic N) is 2. The monoisotopic (exact) mass is 396 g/mol. The molecule has 3 aliphatic rings. The maximum Gasteiger partial charge on any atom is 0.0642 e. The van der Waals surface area contributed by atoms with Crippen LogP contribution in [-0.4, -0.2) is 52.5 Å². The lowest BCUT2D eigenvalue weighted by Gasteiger charge is -2.33. The number of anilines is 4. The summed E-state index contributed by atoms with van der Waals surface area (Å²) in [6, 6.07) is 9.36. The molecule has 0 saturated carbocycles. The van der Waals surface area contributed by atoms with Gasteiger partial charge >= 0.3 is 0 Å². The van der Waals surface area contributed by atoms with Crippen molar-refractivity contribution in [1.82, 2.24) is 5.32 Å². The van der Waals surface area contributed by atoms with Gasteiger partial charge in [0.05, 0.1) is 24.6 Å². The van der Waals surface area contributed by atoms with E-state index in [1.165, 1.54) is 43.7 Å². The van der Waals surface area contributed by atoms with Gasteiger partial charge in [0.15, 0.2) is 0 Å². The second kappa shape index (κ2) is 7.50. The van der Waals surface area contributed by atoms with Crippen LogP contribution in [0.15, 0.2) is 34.1 Å². The Hall–Kier alpha value is -1.89. The van der Waals surface area contributed by atoms with E-state index in [1.807, 2.05) is 11.8 Å². The van der Waals surface area contributed by atoms with Gasteiger partial charge in [-0.1, -0.05) is 11.8 Å². The molecule has 5 nitrogen and oxygen atoms in total. The third-order valence-electron chi connectivity index (χ3n) is 5.90. The quantitative estimate of drug-likeness (QED) is 0.687. The van der Waals surface area contributed by atoms with E-state index in [2.05, 4.69) is 58.5 Å². The van der Waals surface area contributed by atoms with E-state index in [0.29, 0.717) is 0 Å². The van der Waals surface area contributed by atoms with Gasteiger partial charge in [-0.3, -0.25) is 0 Å². The molecule has 0 aliphatic carbocycles. The van der Waals surface area contributed by atoms with Crippen LogP contribution in [0.25, 0.3) is 0 Å². The molecule has 28 heavy (non-hydrogen) atoms. The van der Waals surface area contributed by atoms with Crippen LogP contribution < -0.4 is 20.4 Å². The fraction of sp³-hybridized carbons (Fsp3) is 0.455. The van der Waals surface area contributed by atoms with Crippen molar-refractivity contribution in [3.8, 4) is 0 Å². The van der Waals surface area contributed by atoms with Crippen LogP contribution in [0, 0.1) is 13.8 Å². The zero-order valence-electron chi connectivity index (χ0n) is 16.7. The predicted molar refractivity (Wildman–Crippen MR) is 118 cm³/mol. The second-order valence-electron chi connectivity index (χ2n) is 7.84. The van der Waals surface area contributed by atoms with Crippen molar-refractivity contribution in [1.29, 1.82) is 0 Å². The molecule has 2 fully saturated rings. The molecular formula is C22H28N4OS. The lowest BCUT2D eigenvalue weighted by molar-refractivity contribution is 0.122. The number of morpholine rings is 1. The molecule has 0 aromatic heterocycles. The molecule has 2 aromatic carbocycles. The lowest BCUT2D eigenvalue weighted by atomic mass is 10.1. The van der Waals surface area contributed by atoms with Crippen molar-refractivity contribution in [3.63, 3.8) is 0 Å². The highest BCUT2D eigenvalue weighted by Crippen LogP contribution is 2.49. The van der Waals surface area contributed by atoms with Crippen molar-refractivity contribution in [2.24, 2.45) is 0 Å². The number of aryl methyl sites for hydroxylation is 2. The van der Waals surface area contributed by atoms with Crippen molar-refractivity contribution >= 4 is 34.5 Å². The van der Waals surface area contributed by atoms with Crippen LogP contribution in [-0.2, 0) is 4.74 Å². The average Bonchev–Trinajstić information content (AvgIpc) is 2.74. The van der Waals surface area contributed by atoms with Gasteiger partial charge < -0.3 is 25.2 Å². The van der Waals surface area contributed by atoms with E-state index in [4.69, 9.17) is 4.74 Å². The van der Waals surface area contributed by atoms with Crippen LogP contribution in [0.5, 0.6) is 0 Å². The SMILES string of the molecule is Cc1cc(N2CCNCC2)cc2c1Nc1c(C)cc(N3CCOCC3)cc1S2. The highest BCUT2D eigenvalue weighted by molar-refractivity contribution is 7.99. The molecule has 0 radical (unpaired) electrons. The first-order valence-corrected chi connectivity index (χ1v) is 11.0. The minimum atomic E-state index is 0.817. The summed E-state index contributed by atoms with van der Waals surface area (Å²) in [5, 5.41) is 7.19. The predicted octanol–water partition coefficient (Wildman–Crippen LogP) is 3.76. The highest BCUT2D eigenvalue weighted by Gasteiger charge is 2.23. The van der Waals surface area contributed by atoms with Crippen molar-refractivity contribution in [2.45, 2.75) is 23.6 Å². The zero-order valence-corrected chi connectivity index (χ0v) is 17.5. The van der Waals surface area contributed by atoms with E-state index >= 15 is 0 Å². The largest absolute Gasteiger partial charge is 0.378 e. The summed E-state index contributed by atoms with van der Waals surface area (Å²) < 4.78 is 5.53. The Balaban J connectivity index is 1.48. The Morgan fingerprint density at radius 2 is 1.32 bits per heavy atom. The average molecular weight is 397 g/mol. The van der Waals surface area contributed by atoms with E-state index < -0.39 is 0 Å². The normalized spacial score (nSPS) is 19.1.